The minimum absolute atomic E-state index is 0.000719. The molecular weight excluding hydrogens is 458 g/mol. The number of amides is 2. The van der Waals surface area contributed by atoms with E-state index in [1.54, 1.807) is 0 Å². The fraction of sp³-hybridized carbons (Fsp3) is 0.312. The number of rotatable bonds is 7. The van der Waals surface area contributed by atoms with Gasteiger partial charge in [-0.1, -0.05) is 55.8 Å². The number of nitrogens with zero attached hydrogens (tertiary/aromatic N) is 1. The van der Waals surface area contributed by atoms with Gasteiger partial charge in [-0.05, 0) is 97.4 Å². The zero-order chi connectivity index (χ0) is 25.8. The Kier molecular flexibility index (Phi) is 7.52. The Balaban J connectivity index is 1.20. The molecule has 5 nitrogen and oxygen atoms in total. The predicted molar refractivity (Wildman–Crippen MR) is 152 cm³/mol. The Morgan fingerprint density at radius 3 is 2.14 bits per heavy atom. The zero-order valence-corrected chi connectivity index (χ0v) is 21.7. The van der Waals surface area contributed by atoms with Crippen LogP contribution >= 0.6 is 0 Å². The van der Waals surface area contributed by atoms with Crippen LogP contribution in [-0.2, 0) is 11.2 Å². The monoisotopic (exact) mass is 493 g/mol. The minimum atomic E-state index is -0.112. The summed E-state index contributed by atoms with van der Waals surface area (Å²) in [5.41, 5.74) is 8.37. The largest absolute Gasteiger partial charge is 0.326 e. The van der Waals surface area contributed by atoms with Gasteiger partial charge >= 0.3 is 0 Å². The maximum Gasteiger partial charge on any atom is 0.255 e. The fourth-order valence-electron chi connectivity index (χ4n) is 5.03. The summed E-state index contributed by atoms with van der Waals surface area (Å²) < 4.78 is 0. The van der Waals surface area contributed by atoms with Gasteiger partial charge < -0.3 is 10.6 Å². The van der Waals surface area contributed by atoms with Gasteiger partial charge in [-0.15, -0.1) is 0 Å². The van der Waals surface area contributed by atoms with Crippen molar-refractivity contribution in [3.05, 3.63) is 89.0 Å². The second-order valence-corrected chi connectivity index (χ2v) is 10.5. The number of carbonyl (C=O) groups excluding carboxylic acids is 2. The number of likely N-dealkylation sites (tertiary alicyclic amines) is 1. The molecule has 3 aromatic carbocycles. The van der Waals surface area contributed by atoms with Crippen LogP contribution in [0.2, 0.25) is 0 Å². The lowest BCUT2D eigenvalue weighted by atomic mass is 9.91. The van der Waals surface area contributed by atoms with Crippen LogP contribution in [0.25, 0.3) is 17.2 Å². The van der Waals surface area contributed by atoms with Crippen molar-refractivity contribution in [3.8, 4) is 11.1 Å². The number of hydrogen-bond acceptors (Lipinski definition) is 3. The number of carbonyl (C=O) groups is 2. The molecule has 5 rings (SSSR count). The van der Waals surface area contributed by atoms with Crippen molar-refractivity contribution in [2.75, 3.05) is 30.3 Å². The van der Waals surface area contributed by atoms with E-state index in [1.807, 2.05) is 68.4 Å². The molecule has 190 valence electrons. The summed E-state index contributed by atoms with van der Waals surface area (Å²) in [5, 5.41) is 5.97. The van der Waals surface area contributed by atoms with E-state index >= 15 is 0 Å². The number of aryl methyl sites for hydroxylation is 1. The van der Waals surface area contributed by atoms with Gasteiger partial charge in [0.25, 0.3) is 5.91 Å². The van der Waals surface area contributed by atoms with Crippen LogP contribution in [-0.4, -0.2) is 36.3 Å². The number of nitrogens with one attached hydrogen (secondary N) is 2. The molecule has 0 bridgehead atoms. The number of hydrogen-bond donors (Lipinski definition) is 2. The molecule has 0 unspecified atom stereocenters. The van der Waals surface area contributed by atoms with Crippen LogP contribution in [0.4, 0.5) is 11.4 Å². The van der Waals surface area contributed by atoms with Crippen molar-refractivity contribution in [2.45, 2.75) is 39.5 Å². The Morgan fingerprint density at radius 2 is 1.46 bits per heavy atom. The lowest BCUT2D eigenvalue weighted by molar-refractivity contribution is -0.118. The summed E-state index contributed by atoms with van der Waals surface area (Å²) in [6.07, 6.45) is 7.09. The molecule has 2 amide bonds. The first kappa shape index (κ1) is 25.0. The van der Waals surface area contributed by atoms with Crippen LogP contribution in [0, 0.1) is 5.92 Å². The van der Waals surface area contributed by atoms with Gasteiger partial charge in [0, 0.05) is 29.4 Å². The van der Waals surface area contributed by atoms with Gasteiger partial charge in [0.1, 0.15) is 0 Å². The molecule has 0 atom stereocenters. The first-order chi connectivity index (χ1) is 17.9. The normalized spacial score (nSPS) is 15.3. The van der Waals surface area contributed by atoms with Crippen molar-refractivity contribution in [2.24, 2.45) is 5.92 Å². The van der Waals surface area contributed by atoms with E-state index in [1.165, 1.54) is 42.6 Å². The van der Waals surface area contributed by atoms with Crippen molar-refractivity contribution in [1.29, 1.82) is 0 Å². The third kappa shape index (κ3) is 6.17. The van der Waals surface area contributed by atoms with Crippen LogP contribution < -0.4 is 10.6 Å². The Bertz CT molecular complexity index is 1300. The highest BCUT2D eigenvalue weighted by molar-refractivity contribution is 6.04. The van der Waals surface area contributed by atoms with Gasteiger partial charge in [0.15, 0.2) is 0 Å². The van der Waals surface area contributed by atoms with E-state index in [0.717, 1.165) is 41.9 Å². The van der Waals surface area contributed by atoms with Gasteiger partial charge in [-0.2, -0.15) is 0 Å². The third-order valence-corrected chi connectivity index (χ3v) is 7.26. The van der Waals surface area contributed by atoms with Crippen molar-refractivity contribution >= 4 is 29.3 Å². The van der Waals surface area contributed by atoms with Crippen LogP contribution in [0.3, 0.4) is 0 Å². The van der Waals surface area contributed by atoms with E-state index in [2.05, 4.69) is 33.7 Å². The first-order valence-electron chi connectivity index (χ1n) is 13.3. The summed E-state index contributed by atoms with van der Waals surface area (Å²) in [7, 11) is 0. The molecule has 5 heteroatoms. The first-order valence-corrected chi connectivity index (χ1v) is 13.3. The van der Waals surface area contributed by atoms with E-state index in [9.17, 15) is 9.59 Å². The summed E-state index contributed by atoms with van der Waals surface area (Å²) >= 11 is 0. The summed E-state index contributed by atoms with van der Waals surface area (Å²) in [4.78, 5) is 27.4. The lowest BCUT2D eigenvalue weighted by Gasteiger charge is -2.22. The highest BCUT2D eigenvalue weighted by atomic mass is 16.2. The molecule has 1 fully saturated rings. The average molecular weight is 494 g/mol. The topological polar surface area (TPSA) is 61.4 Å². The van der Waals surface area contributed by atoms with E-state index in [0.29, 0.717) is 5.56 Å². The maximum absolute atomic E-state index is 12.9. The second kappa shape index (κ2) is 11.1. The Labute approximate surface area is 219 Å². The van der Waals surface area contributed by atoms with Crippen LogP contribution in [0.5, 0.6) is 0 Å². The van der Waals surface area contributed by atoms with E-state index in [-0.39, 0.29) is 17.7 Å². The molecule has 0 spiro atoms. The van der Waals surface area contributed by atoms with Crippen molar-refractivity contribution in [3.63, 3.8) is 0 Å². The Hall–Kier alpha value is -3.70. The van der Waals surface area contributed by atoms with Gasteiger partial charge in [-0.3, -0.25) is 14.5 Å². The molecule has 1 aliphatic heterocycles. The summed E-state index contributed by atoms with van der Waals surface area (Å²) in [6, 6.07) is 21.6. The highest BCUT2D eigenvalue weighted by Gasteiger charge is 2.17. The SMILES string of the molecule is CC(C)C(=O)Nc1ccc(-c2ccc(C(=O)Nc3ccc4c(c3)CCC(CN3CCCC3)=C4)cc2)cc1. The molecule has 1 saturated heterocycles. The van der Waals surface area contributed by atoms with Crippen LogP contribution in [0.15, 0.2) is 72.3 Å². The van der Waals surface area contributed by atoms with Gasteiger partial charge in [0.2, 0.25) is 5.91 Å². The average Bonchev–Trinajstić information content (AvgIpc) is 3.42. The van der Waals surface area contributed by atoms with Crippen molar-refractivity contribution in [1.82, 2.24) is 4.90 Å². The smallest absolute Gasteiger partial charge is 0.255 e. The maximum atomic E-state index is 12.9. The molecule has 1 aliphatic carbocycles. The third-order valence-electron chi connectivity index (χ3n) is 7.26. The number of benzene rings is 3. The fourth-order valence-corrected chi connectivity index (χ4v) is 5.03. The molecule has 2 aliphatic rings. The van der Waals surface area contributed by atoms with Gasteiger partial charge in [-0.25, -0.2) is 0 Å². The molecular formula is C32H35N3O2. The molecule has 37 heavy (non-hydrogen) atoms. The lowest BCUT2D eigenvalue weighted by Crippen LogP contribution is -2.23. The van der Waals surface area contributed by atoms with E-state index in [4.69, 9.17) is 0 Å². The molecule has 0 radical (unpaired) electrons. The predicted octanol–water partition coefficient (Wildman–Crippen LogP) is 6.63. The van der Waals surface area contributed by atoms with Gasteiger partial charge in [0.05, 0.1) is 0 Å². The number of anilines is 2. The molecule has 0 saturated carbocycles. The molecule has 1 heterocycles. The highest BCUT2D eigenvalue weighted by Crippen LogP contribution is 2.28. The Morgan fingerprint density at radius 1 is 0.811 bits per heavy atom. The quantitative estimate of drug-likeness (QED) is 0.389. The molecule has 3 aromatic rings. The second-order valence-electron chi connectivity index (χ2n) is 10.5. The molecule has 2 N–H and O–H groups in total. The van der Waals surface area contributed by atoms with Crippen molar-refractivity contribution < 1.29 is 9.59 Å². The standard InChI is InChI=1S/C32H35N3O2/c1-22(2)31(36)33-29-14-11-25(12-15-29)24-7-9-26(10-8-24)32(37)34-30-16-13-27-19-23(5-6-28(27)20-30)21-35-17-3-4-18-35/h7-16,19-20,22H,3-6,17-18,21H2,1-2H3,(H,33,36)(H,34,37). The summed E-state index contributed by atoms with van der Waals surface area (Å²) in [6.45, 7) is 7.28. The zero-order valence-electron chi connectivity index (χ0n) is 21.7. The van der Waals surface area contributed by atoms with E-state index < -0.39 is 0 Å². The summed E-state index contributed by atoms with van der Waals surface area (Å²) in [5.74, 6) is -0.172. The van der Waals surface area contributed by atoms with Crippen LogP contribution in [0.1, 0.15) is 54.6 Å². The number of fused-ring (bicyclic) bond motifs is 1. The minimum Gasteiger partial charge on any atom is -0.326 e. The molecule has 0 aromatic heterocycles.